The number of aliphatic hydroxyl groups excluding tert-OH is 2. The smallest absolute Gasteiger partial charge is 0.302 e. The van der Waals surface area contributed by atoms with Crippen LogP contribution < -0.4 is 9.47 Å². The summed E-state index contributed by atoms with van der Waals surface area (Å²) in [5.74, 6) is 0.464. The molecule has 0 amide bonds. The van der Waals surface area contributed by atoms with Gasteiger partial charge in [-0.2, -0.15) is 0 Å². The number of aliphatic hydroxyl groups is 2. The molecular weight excluding hydrogens is 479 g/mol. The monoisotopic (exact) mass is 504 g/mol. The first-order valence-electron chi connectivity index (χ1n) is 9.95. The third-order valence-electron chi connectivity index (χ3n) is 4.82. The third-order valence-corrected chi connectivity index (χ3v) is 5.73. The lowest BCUT2D eigenvalue weighted by molar-refractivity contribution is -0.144. The second-order valence-electron chi connectivity index (χ2n) is 7.80. The van der Waals surface area contributed by atoms with Crippen LogP contribution in [0.25, 0.3) is 0 Å². The van der Waals surface area contributed by atoms with Crippen LogP contribution in [-0.4, -0.2) is 54.1 Å². The maximum Gasteiger partial charge on any atom is 0.302 e. The fourth-order valence-corrected chi connectivity index (χ4v) is 3.56. The van der Waals surface area contributed by atoms with Gasteiger partial charge in [0.05, 0.1) is 15.9 Å². The Bertz CT molecular complexity index is 878. The Morgan fingerprint density at radius 2 is 1.50 bits per heavy atom. The number of hydrogen-bond donors (Lipinski definition) is 2. The molecule has 0 aliphatic heterocycles. The molecule has 0 saturated heterocycles. The molecule has 0 saturated carbocycles. The first kappa shape index (κ1) is 26.6. The van der Waals surface area contributed by atoms with Gasteiger partial charge in [-0.1, -0.05) is 49.2 Å². The van der Waals surface area contributed by atoms with E-state index in [1.807, 2.05) is 26.0 Å². The van der Waals surface area contributed by atoms with E-state index in [1.165, 1.54) is 6.92 Å². The zero-order valence-corrected chi connectivity index (χ0v) is 20.4. The molecular formula is C23H27Cl3O6. The Morgan fingerprint density at radius 1 is 0.938 bits per heavy atom. The van der Waals surface area contributed by atoms with Crippen molar-refractivity contribution in [2.24, 2.45) is 0 Å². The van der Waals surface area contributed by atoms with Crippen LogP contribution in [0.5, 0.6) is 11.5 Å². The zero-order valence-electron chi connectivity index (χ0n) is 18.1. The van der Waals surface area contributed by atoms with Gasteiger partial charge in [-0.3, -0.25) is 4.79 Å². The van der Waals surface area contributed by atoms with Crippen LogP contribution in [-0.2, 0) is 14.9 Å². The number of hydrogen-bond acceptors (Lipinski definition) is 6. The molecule has 0 aliphatic rings. The zero-order chi connectivity index (χ0) is 23.9. The van der Waals surface area contributed by atoms with Gasteiger partial charge in [0.1, 0.15) is 37.8 Å². The highest BCUT2D eigenvalue weighted by molar-refractivity contribution is 6.37. The molecule has 0 fully saturated rings. The summed E-state index contributed by atoms with van der Waals surface area (Å²) in [6, 6.07) is 11.0. The fraction of sp³-hybridized carbons (Fsp3) is 0.435. The number of esters is 1. The molecule has 32 heavy (non-hydrogen) atoms. The van der Waals surface area contributed by atoms with Gasteiger partial charge in [-0.05, 0) is 35.4 Å². The molecule has 2 aromatic rings. The van der Waals surface area contributed by atoms with E-state index in [-0.39, 0.29) is 25.7 Å². The molecule has 0 spiro atoms. The third kappa shape index (κ3) is 7.42. The molecule has 2 N–H and O–H groups in total. The molecule has 2 rings (SSSR count). The van der Waals surface area contributed by atoms with Gasteiger partial charge in [0, 0.05) is 12.3 Å². The van der Waals surface area contributed by atoms with Crippen LogP contribution in [0.15, 0.2) is 36.4 Å². The predicted molar refractivity (Wildman–Crippen MR) is 125 cm³/mol. The molecule has 6 nitrogen and oxygen atoms in total. The largest absolute Gasteiger partial charge is 0.491 e. The first-order chi connectivity index (χ1) is 15.0. The van der Waals surface area contributed by atoms with Crippen molar-refractivity contribution in [3.63, 3.8) is 0 Å². The maximum atomic E-state index is 10.8. The van der Waals surface area contributed by atoms with Gasteiger partial charge in [0.2, 0.25) is 0 Å². The van der Waals surface area contributed by atoms with Crippen LogP contribution in [0.4, 0.5) is 0 Å². The van der Waals surface area contributed by atoms with Crippen LogP contribution in [0.1, 0.15) is 31.9 Å². The van der Waals surface area contributed by atoms with Crippen LogP contribution >= 0.6 is 34.8 Å². The number of carbonyl (C=O) groups is 1. The van der Waals surface area contributed by atoms with Crippen LogP contribution in [0, 0.1) is 0 Å². The summed E-state index contributed by atoms with van der Waals surface area (Å²) in [5.41, 5.74) is 1.43. The summed E-state index contributed by atoms with van der Waals surface area (Å²) in [4.78, 5) is 10.8. The Labute approximate surface area is 203 Å². The Hall–Kier alpha value is -1.70. The Balaban J connectivity index is 2.10. The molecule has 0 heterocycles. The molecule has 9 heteroatoms. The van der Waals surface area contributed by atoms with Crippen molar-refractivity contribution in [1.29, 1.82) is 0 Å². The van der Waals surface area contributed by atoms with Gasteiger partial charge in [-0.15, -0.1) is 11.6 Å². The van der Waals surface area contributed by atoms with E-state index in [1.54, 1.807) is 24.3 Å². The number of alkyl halides is 1. The van der Waals surface area contributed by atoms with E-state index in [2.05, 4.69) is 0 Å². The molecule has 0 bridgehead atoms. The van der Waals surface area contributed by atoms with Gasteiger partial charge in [0.15, 0.2) is 5.75 Å². The average molecular weight is 506 g/mol. The molecule has 1 unspecified atom stereocenters. The first-order valence-corrected chi connectivity index (χ1v) is 11.2. The number of benzene rings is 2. The number of carbonyl (C=O) groups excluding carboxylic acids is 1. The quantitative estimate of drug-likeness (QED) is 0.343. The highest BCUT2D eigenvalue weighted by Crippen LogP contribution is 2.40. The molecule has 0 radical (unpaired) electrons. The molecule has 0 aliphatic carbocycles. The highest BCUT2D eigenvalue weighted by atomic mass is 35.5. The van der Waals surface area contributed by atoms with E-state index in [9.17, 15) is 15.0 Å². The summed E-state index contributed by atoms with van der Waals surface area (Å²) in [6.07, 6.45) is -1.73. The van der Waals surface area contributed by atoms with E-state index >= 15 is 0 Å². The van der Waals surface area contributed by atoms with Crippen molar-refractivity contribution in [3.8, 4) is 11.5 Å². The van der Waals surface area contributed by atoms with Crippen molar-refractivity contribution in [2.45, 2.75) is 38.4 Å². The average Bonchev–Trinajstić information content (AvgIpc) is 2.75. The van der Waals surface area contributed by atoms with Crippen molar-refractivity contribution < 1.29 is 29.2 Å². The summed E-state index contributed by atoms with van der Waals surface area (Å²) >= 11 is 18.4. The SMILES string of the molecule is CC(=O)OCC(O)COc1ccc(C(C)(C)c2cc(Cl)c(OC[C@@H](O)CCl)c(Cl)c2)cc1. The fourth-order valence-electron chi connectivity index (χ4n) is 2.87. The van der Waals surface area contributed by atoms with Gasteiger partial charge < -0.3 is 24.4 Å². The van der Waals surface area contributed by atoms with Crippen molar-refractivity contribution in [3.05, 3.63) is 57.6 Å². The second-order valence-corrected chi connectivity index (χ2v) is 8.93. The lowest BCUT2D eigenvalue weighted by Gasteiger charge is -2.27. The lowest BCUT2D eigenvalue weighted by atomic mass is 9.78. The van der Waals surface area contributed by atoms with Gasteiger partial charge in [0.25, 0.3) is 0 Å². The number of rotatable bonds is 11. The number of halogens is 3. The molecule has 0 aromatic heterocycles. The standard InChI is InChI=1S/C23H27Cl3O6/c1-14(27)30-12-18(29)13-31-19-6-4-15(5-7-19)23(2,3)16-8-20(25)22(21(26)9-16)32-11-17(28)10-24/h4-9,17-18,28-29H,10-13H2,1-3H3/t17-,18?/m0/s1. The van der Waals surface area contributed by atoms with E-state index < -0.39 is 23.6 Å². The van der Waals surface area contributed by atoms with Gasteiger partial charge >= 0.3 is 5.97 Å². The van der Waals surface area contributed by atoms with E-state index in [0.29, 0.717) is 21.5 Å². The van der Waals surface area contributed by atoms with E-state index in [0.717, 1.165) is 11.1 Å². The Morgan fingerprint density at radius 3 is 2.03 bits per heavy atom. The summed E-state index contributed by atoms with van der Waals surface area (Å²) in [5, 5.41) is 20.1. The predicted octanol–water partition coefficient (Wildman–Crippen LogP) is 4.60. The maximum absolute atomic E-state index is 10.8. The normalized spacial score (nSPS) is 13.4. The van der Waals surface area contributed by atoms with Crippen LogP contribution in [0.3, 0.4) is 0 Å². The summed E-state index contributed by atoms with van der Waals surface area (Å²) < 4.78 is 15.8. The van der Waals surface area contributed by atoms with Crippen molar-refractivity contribution in [2.75, 3.05) is 25.7 Å². The minimum atomic E-state index is -0.911. The second kappa shape index (κ2) is 12.0. The van der Waals surface area contributed by atoms with E-state index in [4.69, 9.17) is 49.0 Å². The van der Waals surface area contributed by atoms with Crippen LogP contribution in [0.2, 0.25) is 10.0 Å². The number of ether oxygens (including phenoxy) is 3. The molecule has 2 atom stereocenters. The summed E-state index contributed by atoms with van der Waals surface area (Å²) in [6.45, 7) is 5.22. The minimum absolute atomic E-state index is 0.00110. The molecule has 176 valence electrons. The topological polar surface area (TPSA) is 85.2 Å². The van der Waals surface area contributed by atoms with Crippen molar-refractivity contribution >= 4 is 40.8 Å². The lowest BCUT2D eigenvalue weighted by Crippen LogP contribution is -2.24. The van der Waals surface area contributed by atoms with Crippen molar-refractivity contribution in [1.82, 2.24) is 0 Å². The summed E-state index contributed by atoms with van der Waals surface area (Å²) in [7, 11) is 0. The molecule has 2 aromatic carbocycles. The Kier molecular flexibility index (Phi) is 9.92. The minimum Gasteiger partial charge on any atom is -0.491 e. The highest BCUT2D eigenvalue weighted by Gasteiger charge is 2.26. The van der Waals surface area contributed by atoms with Gasteiger partial charge in [-0.25, -0.2) is 0 Å².